The van der Waals surface area contributed by atoms with Crippen molar-refractivity contribution in [3.05, 3.63) is 347 Å². The van der Waals surface area contributed by atoms with Gasteiger partial charge in [0.15, 0.2) is 0 Å². The number of imidazole rings is 2. The van der Waals surface area contributed by atoms with Crippen LogP contribution in [-0.4, -0.2) is 109 Å². The molecule has 1 unspecified atom stereocenters. The van der Waals surface area contributed by atoms with Gasteiger partial charge in [0.1, 0.15) is 0 Å². The number of para-hydroxylation sites is 4. The molecule has 4 heterocycles. The molecule has 2 N–H and O–H groups in total. The van der Waals surface area contributed by atoms with Crippen LogP contribution in [0.2, 0.25) is 0 Å². The quantitative estimate of drug-likeness (QED) is 0.0514. The zero-order chi connectivity index (χ0) is 76.1. The van der Waals surface area contributed by atoms with Gasteiger partial charge in [-0.15, -0.1) is 0 Å². The summed E-state index contributed by atoms with van der Waals surface area (Å²) >= 11 is 9.55. The van der Waals surface area contributed by atoms with E-state index in [4.69, 9.17) is 24.7 Å². The van der Waals surface area contributed by atoms with Crippen LogP contribution in [0.5, 0.6) is 0 Å². The van der Waals surface area contributed by atoms with Crippen molar-refractivity contribution in [1.82, 2.24) is 28.7 Å². The van der Waals surface area contributed by atoms with Crippen molar-refractivity contribution in [1.29, 1.82) is 0 Å². The summed E-state index contributed by atoms with van der Waals surface area (Å²) in [6, 6.07) is 109. The van der Waals surface area contributed by atoms with Crippen LogP contribution in [0.15, 0.2) is 331 Å². The van der Waals surface area contributed by atoms with Gasteiger partial charge in [-0.3, -0.25) is 8.80 Å². The zero-order valence-electron chi connectivity index (χ0n) is 61.5. The maximum absolute atomic E-state index is 9.44. The van der Waals surface area contributed by atoms with Crippen molar-refractivity contribution in [2.45, 2.75) is 20.8 Å². The molecule has 0 aliphatic carbocycles. The molecule has 20 rings (SSSR count). The van der Waals surface area contributed by atoms with E-state index in [1.54, 1.807) is 0 Å². The smallest absolute Gasteiger partial charge is 0.235 e. The van der Waals surface area contributed by atoms with E-state index in [2.05, 4.69) is 309 Å². The summed E-state index contributed by atoms with van der Waals surface area (Å²) in [5, 5.41) is 48.0. The normalized spacial score (nSPS) is 11.3. The predicted molar refractivity (Wildman–Crippen MR) is 463 cm³/mol. The Morgan fingerprint density at radius 3 is 1.23 bits per heavy atom. The molecule has 16 aromatic carbocycles. The molecular weight excluding hydrogens is 1620 g/mol. The van der Waals surface area contributed by atoms with Gasteiger partial charge in [-0.2, -0.15) is 0 Å². The number of aryl methyl sites for hydroxylation is 3. The second-order valence-electron chi connectivity index (χ2n) is 26.3. The first-order valence-electron chi connectivity index (χ1n) is 36.0. The maximum Gasteiger partial charge on any atom is 0.235 e. The molecule has 4 aromatic heterocycles. The van der Waals surface area contributed by atoms with E-state index in [0.29, 0.717) is 11.2 Å². The first kappa shape index (κ1) is 81.2. The first-order chi connectivity index (χ1) is 53.7. The number of hydrogen-bond donors (Lipinski definition) is 2. The third-order valence-electron chi connectivity index (χ3n) is 19.7. The Kier molecular flexibility index (Phi) is 27.1. The molecule has 0 aliphatic heterocycles. The summed E-state index contributed by atoms with van der Waals surface area (Å²) in [5.74, 6) is 1.43. The number of rotatable bonds is 7. The van der Waals surface area contributed by atoms with Crippen LogP contribution in [-0.2, 0) is 9.24 Å². The molecule has 0 radical (unpaired) electrons. The summed E-state index contributed by atoms with van der Waals surface area (Å²) in [5.41, 5.74) is 15.3. The van der Waals surface area contributed by atoms with Gasteiger partial charge in [0.2, 0.25) is 11.6 Å². The standard InChI is InChI=1S/C42H25N3.C21H21P.C14H11BO2.C14H7Br2N3.3K.HO4P/c1-3-13-30-26(11-1)22-36(34-17-7-5-15-32(30)34)28-21-29-25-45-40-20-10-9-19-39(40)43-42(45)44-41(29)38(24-28)37-23-27-12-2-4-14-31(27)33-16-6-8-18-35(33)37;1-16-10-4-7-13-19(16)22(20-14-8-5-11-17(20)2)21-15-9-6-12-18(21)3;16-15(17)14-9-10-5-1-2-6-11(10)12-7-3-4-8-13(12)14;15-9-5-8-7-19-12-4-2-1-3-11(12)17-14(19)18-13(8)10(16)6-9;;;;1-4-5(2)3/h1-25H;4-15H,1-3H3;1-9,16-17H;1-7H;;;;1H/q;;;;;;+1;/p-1. The minimum atomic E-state index is -3.15. The number of nitrogens with zero attached hydrogens (tertiary/aromatic N) is 6. The van der Waals surface area contributed by atoms with Crippen molar-refractivity contribution in [3.8, 4) is 22.3 Å². The second kappa shape index (κ2) is 37.1. The fraction of sp³-hybridized carbons (Fsp3) is 0.0330. The van der Waals surface area contributed by atoms with Crippen molar-refractivity contribution >= 4 is 260 Å². The van der Waals surface area contributed by atoms with Gasteiger partial charge in [0.25, 0.3) is 0 Å². The molecule has 20 aromatic rings. The Bertz CT molecular complexity index is 6810. The van der Waals surface area contributed by atoms with Gasteiger partial charge in [-0.05, 0) is 229 Å². The summed E-state index contributed by atoms with van der Waals surface area (Å²) in [7, 11) is -5.10. The molecule has 20 heteroatoms. The van der Waals surface area contributed by atoms with Gasteiger partial charge in [0.05, 0.1) is 33.1 Å². The van der Waals surface area contributed by atoms with Gasteiger partial charge in [-0.1, -0.05) is 265 Å². The fourth-order valence-corrected chi connectivity index (χ4v) is 18.8. The van der Waals surface area contributed by atoms with E-state index in [0.717, 1.165) is 85.7 Å². The van der Waals surface area contributed by atoms with Crippen molar-refractivity contribution in [2.24, 2.45) is 0 Å². The Labute approximate surface area is 747 Å². The molecule has 12 nitrogen and oxygen atoms in total. The molecule has 1 atom stereocenters. The van der Waals surface area contributed by atoms with Crippen LogP contribution < -0.4 is 82.9 Å². The van der Waals surface area contributed by atoms with E-state index in [-0.39, 0.29) is 51.4 Å². The second-order valence-corrected chi connectivity index (χ2v) is 30.8. The molecule has 0 saturated carbocycles. The number of hydrogen-bond acceptors (Lipinski definition) is 10. The zero-order valence-corrected chi connectivity index (χ0v) is 75.9. The minimum Gasteiger partial charge on any atom is -0.283 e. The fourth-order valence-electron chi connectivity index (χ4n) is 14.7. The van der Waals surface area contributed by atoms with Crippen molar-refractivity contribution in [2.75, 3.05) is 0 Å². The first-order valence-corrected chi connectivity index (χ1v) is 56.0. The largest absolute Gasteiger partial charge is 0.283 e. The Hall–Kier alpha value is -6.38. The molecule has 0 amide bonds. The van der Waals surface area contributed by atoms with Gasteiger partial charge >= 0.3 is 130 Å². The van der Waals surface area contributed by atoms with Crippen LogP contribution >= 0.6 is 48.0 Å². The van der Waals surface area contributed by atoms with Crippen molar-refractivity contribution < 1.29 is 80.8 Å². The van der Waals surface area contributed by atoms with E-state index in [1.165, 1.54) is 156 Å². The van der Waals surface area contributed by atoms with E-state index in [9.17, 15) is 10.0 Å². The van der Waals surface area contributed by atoms with Crippen molar-refractivity contribution in [3.63, 3.8) is 0 Å². The molecular formula is C91H64BBr2K3N6O6P2. The topological polar surface area (TPSA) is 173 Å². The van der Waals surface area contributed by atoms with E-state index >= 15 is 0 Å². The molecule has 111 heavy (non-hydrogen) atoms. The molecule has 0 fully saturated rings. The van der Waals surface area contributed by atoms with Crippen LogP contribution in [0.3, 0.4) is 0 Å². The summed E-state index contributed by atoms with van der Waals surface area (Å²) in [6.07, 6.45) is 4.29. The summed E-state index contributed by atoms with van der Waals surface area (Å²) in [4.78, 5) is 28.3. The minimum absolute atomic E-state index is 0. The number of benzene rings is 16. The number of halogens is 2. The average Bonchev–Trinajstić information content (AvgIpc) is 1.71. The van der Waals surface area contributed by atoms with Gasteiger partial charge < -0.3 is 20.2 Å². The summed E-state index contributed by atoms with van der Waals surface area (Å²) < 4.78 is 17.5. The van der Waals surface area contributed by atoms with Crippen LogP contribution in [0, 0.1) is 20.8 Å². The molecule has 0 saturated heterocycles. The Morgan fingerprint density at radius 1 is 0.405 bits per heavy atom. The number of aromatic nitrogens is 6. The predicted octanol–water partition coefficient (Wildman–Crippen LogP) is 16.1. The van der Waals surface area contributed by atoms with Crippen LogP contribution in [0.25, 0.3) is 142 Å². The molecule has 524 valence electrons. The van der Waals surface area contributed by atoms with Gasteiger partial charge in [-0.25, -0.2) is 24.6 Å². The van der Waals surface area contributed by atoms with E-state index < -0.39 is 23.3 Å². The monoisotopic (exact) mass is 1680 g/mol. The third kappa shape index (κ3) is 17.3. The molecule has 0 spiro atoms. The summed E-state index contributed by atoms with van der Waals surface area (Å²) in [6.45, 7) is 6.67. The van der Waals surface area contributed by atoms with E-state index in [1.807, 2.05) is 89.3 Å². The third-order valence-corrected chi connectivity index (χ3v) is 23.8. The SMILES string of the molecule is Brc1cc(Br)c2nc3nc4ccccc4n3cc2c1.Cc1ccccc1P(c1ccccc1C)c1ccccc1C.O=[P+]([O-])O[O-].OB(O)c1cc2ccccc2c2ccccc12.[K+].[K][K].c1ccc2c(c1)cc(-c1cc(-c3cc4ccccc4c4ccccc34)c3nc4nc5ccccc5n4cc3c1)c1ccccc12. The Morgan fingerprint density at radius 2 is 0.766 bits per heavy atom. The maximum atomic E-state index is 9.44. The molecule has 0 bridgehead atoms. The number of fused-ring (bicyclic) bond motifs is 17. The average molecular weight is 1690 g/mol. The van der Waals surface area contributed by atoms with Crippen LogP contribution in [0.4, 0.5) is 0 Å². The van der Waals surface area contributed by atoms with Crippen LogP contribution in [0.1, 0.15) is 16.7 Å². The van der Waals surface area contributed by atoms with Gasteiger partial charge in [0, 0.05) is 37.7 Å². The molecule has 0 aliphatic rings. The Balaban J connectivity index is 0.000000130.